The van der Waals surface area contributed by atoms with E-state index in [1.165, 1.54) is 0 Å². The van der Waals surface area contributed by atoms with Crippen molar-refractivity contribution in [2.24, 2.45) is 0 Å². The summed E-state index contributed by atoms with van der Waals surface area (Å²) in [5.41, 5.74) is 0. The molecule has 5 nitrogen and oxygen atoms in total. The van der Waals surface area contributed by atoms with Crippen LogP contribution in [0.4, 0.5) is 8.78 Å². The highest BCUT2D eigenvalue weighted by molar-refractivity contribution is 5.81. The molecule has 2 N–H and O–H groups in total. The molecule has 1 aliphatic heterocycles. The summed E-state index contributed by atoms with van der Waals surface area (Å²) >= 11 is 0. The van der Waals surface area contributed by atoms with E-state index < -0.39 is 31.1 Å². The molecule has 0 aromatic rings. The summed E-state index contributed by atoms with van der Waals surface area (Å²) in [6.07, 6.45) is -0.726. The number of nitrogens with one attached hydrogen (secondary N) is 1. The van der Waals surface area contributed by atoms with Gasteiger partial charge in [0.25, 0.3) is 11.8 Å². The van der Waals surface area contributed by atoms with Crippen molar-refractivity contribution in [2.75, 3.05) is 32.8 Å². The van der Waals surface area contributed by atoms with E-state index in [9.17, 15) is 13.6 Å². The summed E-state index contributed by atoms with van der Waals surface area (Å²) in [4.78, 5) is 13.7. The van der Waals surface area contributed by atoms with Gasteiger partial charge in [0, 0.05) is 19.1 Å². The number of hydrogen-bond acceptors (Lipinski definition) is 4. The molecule has 0 aromatic heterocycles. The molecule has 1 rings (SSSR count). The average Bonchev–Trinajstić information content (AvgIpc) is 2.36. The summed E-state index contributed by atoms with van der Waals surface area (Å²) < 4.78 is 30.8. The van der Waals surface area contributed by atoms with Gasteiger partial charge < -0.3 is 15.2 Å². The molecule has 106 valence electrons. The lowest BCUT2D eigenvalue weighted by Crippen LogP contribution is -2.53. The summed E-state index contributed by atoms with van der Waals surface area (Å²) in [6, 6.07) is 0.281. The molecule has 18 heavy (non-hydrogen) atoms. The van der Waals surface area contributed by atoms with E-state index in [0.29, 0.717) is 13.2 Å². The van der Waals surface area contributed by atoms with E-state index >= 15 is 0 Å². The van der Waals surface area contributed by atoms with Gasteiger partial charge in [0.1, 0.15) is 12.7 Å². The maximum absolute atomic E-state index is 12.8. The Balaban J connectivity index is 2.42. The van der Waals surface area contributed by atoms with Crippen molar-refractivity contribution in [3.05, 3.63) is 0 Å². The van der Waals surface area contributed by atoms with Gasteiger partial charge in [0.05, 0.1) is 13.2 Å². The second-order valence-electron chi connectivity index (χ2n) is 4.68. The number of hydrogen-bond donors (Lipinski definition) is 2. The van der Waals surface area contributed by atoms with Crippen LogP contribution in [0.5, 0.6) is 0 Å². The molecule has 1 atom stereocenters. The Morgan fingerprint density at radius 3 is 2.83 bits per heavy atom. The Morgan fingerprint density at radius 1 is 1.61 bits per heavy atom. The van der Waals surface area contributed by atoms with Gasteiger partial charge in [0.15, 0.2) is 0 Å². The van der Waals surface area contributed by atoms with Gasteiger partial charge in [-0.25, -0.2) is 8.78 Å². The number of aliphatic hydroxyl groups excluding tert-OH is 1. The summed E-state index contributed by atoms with van der Waals surface area (Å²) in [5, 5.41) is 10.5. The van der Waals surface area contributed by atoms with Crippen molar-refractivity contribution in [1.29, 1.82) is 0 Å². The fourth-order valence-corrected chi connectivity index (χ4v) is 1.68. The zero-order chi connectivity index (χ0) is 13.8. The molecule has 1 amide bonds. The Bertz CT molecular complexity index is 287. The smallest absolute Gasteiger partial charge is 0.287 e. The van der Waals surface area contributed by atoms with Crippen molar-refractivity contribution < 1.29 is 23.4 Å². The molecule has 0 bridgehead atoms. The molecule has 1 saturated heterocycles. The number of carbonyl (C=O) groups excluding carboxylic acids is 1. The first-order chi connectivity index (χ1) is 8.35. The number of halogens is 2. The van der Waals surface area contributed by atoms with Crippen molar-refractivity contribution >= 4 is 5.91 Å². The van der Waals surface area contributed by atoms with Crippen LogP contribution < -0.4 is 5.32 Å². The van der Waals surface area contributed by atoms with Crippen molar-refractivity contribution in [2.45, 2.75) is 31.9 Å². The number of morpholine rings is 1. The highest BCUT2D eigenvalue weighted by atomic mass is 19.3. The fourth-order valence-electron chi connectivity index (χ4n) is 1.68. The van der Waals surface area contributed by atoms with Gasteiger partial charge in [-0.2, -0.15) is 0 Å². The number of alkyl halides is 2. The van der Waals surface area contributed by atoms with Crippen molar-refractivity contribution in [3.8, 4) is 0 Å². The van der Waals surface area contributed by atoms with Crippen molar-refractivity contribution in [1.82, 2.24) is 10.2 Å². The first-order valence-corrected chi connectivity index (χ1v) is 5.98. The second kappa shape index (κ2) is 6.40. The van der Waals surface area contributed by atoms with Crippen LogP contribution >= 0.6 is 0 Å². The van der Waals surface area contributed by atoms with E-state index in [4.69, 9.17) is 9.84 Å². The summed E-state index contributed by atoms with van der Waals surface area (Å²) in [5.74, 6) is -3.85. The molecule has 7 heteroatoms. The first kappa shape index (κ1) is 15.3. The van der Waals surface area contributed by atoms with Crippen LogP contribution in [0.15, 0.2) is 0 Å². The number of carbonyl (C=O) groups is 1. The quantitative estimate of drug-likeness (QED) is 0.726. The molecule has 1 aliphatic rings. The van der Waals surface area contributed by atoms with Gasteiger partial charge in [-0.1, -0.05) is 0 Å². The Morgan fingerprint density at radius 2 is 2.28 bits per heavy atom. The van der Waals surface area contributed by atoms with Crippen LogP contribution in [-0.4, -0.2) is 66.8 Å². The standard InChI is InChI=1S/C11H20F2N2O3/c1-8(2)15-3-4-18-9(5-15)10(17)14-6-11(12,13)7-16/h8-9,16H,3-7H2,1-2H3,(H,14,17). The maximum Gasteiger partial charge on any atom is 0.287 e. The fraction of sp³-hybridized carbons (Fsp3) is 0.909. The molecule has 1 heterocycles. The van der Waals surface area contributed by atoms with Gasteiger partial charge in [-0.15, -0.1) is 0 Å². The van der Waals surface area contributed by atoms with Crippen LogP contribution in [-0.2, 0) is 9.53 Å². The lowest BCUT2D eigenvalue weighted by molar-refractivity contribution is -0.141. The Hall–Kier alpha value is -0.790. The minimum Gasteiger partial charge on any atom is -0.390 e. The van der Waals surface area contributed by atoms with Crippen LogP contribution in [0, 0.1) is 0 Å². The van der Waals surface area contributed by atoms with Crippen LogP contribution in [0.25, 0.3) is 0 Å². The van der Waals surface area contributed by atoms with Gasteiger partial charge in [0.2, 0.25) is 0 Å². The predicted octanol–water partition coefficient (Wildman–Crippen LogP) is -0.161. The van der Waals surface area contributed by atoms with E-state index in [1.54, 1.807) is 0 Å². The molecule has 0 aromatic carbocycles. The average molecular weight is 266 g/mol. The highest BCUT2D eigenvalue weighted by Crippen LogP contribution is 2.12. The first-order valence-electron chi connectivity index (χ1n) is 5.98. The monoisotopic (exact) mass is 266 g/mol. The SMILES string of the molecule is CC(C)N1CCOC(C(=O)NCC(F)(F)CO)C1. The third-order valence-electron chi connectivity index (χ3n) is 2.87. The molecular weight excluding hydrogens is 246 g/mol. The van der Waals surface area contributed by atoms with Crippen molar-refractivity contribution in [3.63, 3.8) is 0 Å². The van der Waals surface area contributed by atoms with Gasteiger partial charge in [-0.3, -0.25) is 9.69 Å². The Kier molecular flexibility index (Phi) is 5.43. The van der Waals surface area contributed by atoms with Crippen LogP contribution in [0.3, 0.4) is 0 Å². The topological polar surface area (TPSA) is 61.8 Å². The predicted molar refractivity (Wildman–Crippen MR) is 61.5 cm³/mol. The lowest BCUT2D eigenvalue weighted by Gasteiger charge is -2.34. The van der Waals surface area contributed by atoms with E-state index in [0.717, 1.165) is 6.54 Å². The molecule has 1 unspecified atom stereocenters. The molecule has 0 radical (unpaired) electrons. The zero-order valence-corrected chi connectivity index (χ0v) is 10.7. The molecular formula is C11H20F2N2O3. The van der Waals surface area contributed by atoms with E-state index in [-0.39, 0.29) is 6.04 Å². The molecule has 0 spiro atoms. The number of nitrogens with zero attached hydrogens (tertiary/aromatic N) is 1. The highest BCUT2D eigenvalue weighted by Gasteiger charge is 2.32. The zero-order valence-electron chi connectivity index (χ0n) is 10.7. The van der Waals surface area contributed by atoms with E-state index in [1.807, 2.05) is 13.8 Å². The third-order valence-corrected chi connectivity index (χ3v) is 2.87. The minimum absolute atomic E-state index is 0.281. The van der Waals surface area contributed by atoms with Crippen LogP contribution in [0.1, 0.15) is 13.8 Å². The summed E-state index contributed by atoms with van der Waals surface area (Å²) in [7, 11) is 0. The molecule has 0 aliphatic carbocycles. The van der Waals surface area contributed by atoms with Crippen LogP contribution in [0.2, 0.25) is 0 Å². The van der Waals surface area contributed by atoms with Gasteiger partial charge >= 0.3 is 0 Å². The number of aliphatic hydroxyl groups is 1. The number of ether oxygens (including phenoxy) is 1. The summed E-state index contributed by atoms with van der Waals surface area (Å²) in [6.45, 7) is 3.39. The third kappa shape index (κ3) is 4.47. The molecule has 1 fully saturated rings. The number of amides is 1. The maximum atomic E-state index is 12.8. The number of rotatable bonds is 5. The van der Waals surface area contributed by atoms with E-state index in [2.05, 4.69) is 10.2 Å². The lowest BCUT2D eigenvalue weighted by atomic mass is 10.2. The molecule has 0 saturated carbocycles. The normalized spacial score (nSPS) is 22.2. The Labute approximate surface area is 105 Å². The largest absolute Gasteiger partial charge is 0.390 e. The minimum atomic E-state index is -3.29. The second-order valence-corrected chi connectivity index (χ2v) is 4.68. The van der Waals surface area contributed by atoms with Gasteiger partial charge in [-0.05, 0) is 13.8 Å².